The molecule has 1 N–H and O–H groups in total. The van der Waals surface area contributed by atoms with Crippen LogP contribution in [0.2, 0.25) is 0 Å². The number of hydrogen-bond acceptors (Lipinski definition) is 3. The fraction of sp³-hybridized carbons (Fsp3) is 0.138. The Hall–Kier alpha value is -3.97. The second-order valence-corrected chi connectivity index (χ2v) is 10.6. The molecule has 184 valence electrons. The Morgan fingerprint density at radius 1 is 0.833 bits per heavy atom. The third kappa shape index (κ3) is 6.17. The molecule has 0 fully saturated rings. The second-order valence-electron chi connectivity index (χ2n) is 8.67. The molecule has 0 bridgehead atoms. The number of sulfonamides is 1. The Balaban J connectivity index is 1.57. The van der Waals surface area contributed by atoms with Crippen molar-refractivity contribution in [3.63, 3.8) is 0 Å². The van der Waals surface area contributed by atoms with Gasteiger partial charge < -0.3 is 5.32 Å². The largest absolute Gasteiger partial charge is 0.341 e. The van der Waals surface area contributed by atoms with Gasteiger partial charge in [-0.25, -0.2) is 12.8 Å². The summed E-state index contributed by atoms with van der Waals surface area (Å²) in [5, 5.41) is 3.10. The predicted molar refractivity (Wildman–Crippen MR) is 141 cm³/mol. The van der Waals surface area contributed by atoms with Gasteiger partial charge in [0, 0.05) is 5.56 Å². The van der Waals surface area contributed by atoms with Crippen molar-refractivity contribution in [2.45, 2.75) is 19.5 Å². The number of anilines is 1. The highest BCUT2D eigenvalue weighted by molar-refractivity contribution is 7.92. The van der Waals surface area contributed by atoms with Crippen molar-refractivity contribution in [2.75, 3.05) is 10.6 Å². The Morgan fingerprint density at radius 2 is 1.42 bits per heavy atom. The van der Waals surface area contributed by atoms with Crippen LogP contribution in [0.25, 0.3) is 0 Å². The maximum Gasteiger partial charge on any atom is 0.252 e. The van der Waals surface area contributed by atoms with Crippen LogP contribution < -0.4 is 9.62 Å². The molecule has 7 heteroatoms. The van der Waals surface area contributed by atoms with Crippen LogP contribution in [0.15, 0.2) is 103 Å². The first kappa shape index (κ1) is 25.1. The maximum atomic E-state index is 13.3. The first-order valence-corrected chi connectivity index (χ1v) is 13.3. The van der Waals surface area contributed by atoms with Gasteiger partial charge in [0.1, 0.15) is 5.82 Å². The molecule has 0 aliphatic carbocycles. The summed E-state index contributed by atoms with van der Waals surface area (Å²) in [6.45, 7) is 2.06. The third-order valence-electron chi connectivity index (χ3n) is 5.88. The molecule has 0 saturated carbocycles. The van der Waals surface area contributed by atoms with Crippen molar-refractivity contribution < 1.29 is 17.6 Å². The lowest BCUT2D eigenvalue weighted by atomic mass is 9.97. The number of rotatable bonds is 8. The molecule has 36 heavy (non-hydrogen) atoms. The number of amides is 1. The molecule has 0 saturated heterocycles. The summed E-state index contributed by atoms with van der Waals surface area (Å²) in [7, 11) is -3.61. The number of halogens is 1. The average molecular weight is 503 g/mol. The monoisotopic (exact) mass is 502 g/mol. The lowest BCUT2D eigenvalue weighted by Gasteiger charge is -2.23. The van der Waals surface area contributed by atoms with E-state index >= 15 is 0 Å². The first-order valence-electron chi connectivity index (χ1n) is 11.5. The van der Waals surface area contributed by atoms with Crippen molar-refractivity contribution >= 4 is 21.6 Å². The van der Waals surface area contributed by atoms with Gasteiger partial charge in [-0.2, -0.15) is 0 Å². The van der Waals surface area contributed by atoms with Gasteiger partial charge in [0.15, 0.2) is 0 Å². The van der Waals surface area contributed by atoms with E-state index in [0.29, 0.717) is 16.8 Å². The molecule has 1 atom stereocenters. The zero-order chi connectivity index (χ0) is 25.7. The van der Waals surface area contributed by atoms with Crippen molar-refractivity contribution in [2.24, 2.45) is 0 Å². The van der Waals surface area contributed by atoms with E-state index in [4.69, 9.17) is 0 Å². The third-order valence-corrected chi connectivity index (χ3v) is 7.02. The summed E-state index contributed by atoms with van der Waals surface area (Å²) in [6, 6.07) is 29.5. The van der Waals surface area contributed by atoms with E-state index in [1.165, 1.54) is 16.4 Å². The van der Waals surface area contributed by atoms with Crippen LogP contribution in [0.5, 0.6) is 0 Å². The molecular formula is C29H27FN2O3S. The molecular weight excluding hydrogens is 475 g/mol. The Bertz CT molecular complexity index is 1420. The van der Waals surface area contributed by atoms with E-state index in [9.17, 15) is 17.6 Å². The molecule has 5 nitrogen and oxygen atoms in total. The van der Waals surface area contributed by atoms with Crippen LogP contribution in [-0.4, -0.2) is 20.6 Å². The fourth-order valence-corrected chi connectivity index (χ4v) is 4.80. The standard InChI is InChI=1S/C29H27FN2O3S/c1-21-8-12-24(13-9-21)28(23-6-4-3-5-7-23)31-29(33)25-14-18-27(19-15-25)32(36(2,34)35)20-22-10-16-26(30)17-11-22/h3-19,28H,20H2,1-2H3,(H,31,33)/t28-/m1/s1. The van der Waals surface area contributed by atoms with E-state index in [1.54, 1.807) is 36.4 Å². The first-order chi connectivity index (χ1) is 17.2. The molecule has 0 aliphatic rings. The van der Waals surface area contributed by atoms with Gasteiger partial charge >= 0.3 is 0 Å². The lowest BCUT2D eigenvalue weighted by molar-refractivity contribution is 0.0943. The summed E-state index contributed by atoms with van der Waals surface area (Å²) < 4.78 is 39.4. The normalized spacial score (nSPS) is 12.1. The number of aryl methyl sites for hydroxylation is 1. The molecule has 0 unspecified atom stereocenters. The van der Waals surface area contributed by atoms with Gasteiger partial charge in [-0.3, -0.25) is 9.10 Å². The van der Waals surface area contributed by atoms with Crippen molar-refractivity contribution in [3.8, 4) is 0 Å². The lowest BCUT2D eigenvalue weighted by Crippen LogP contribution is -2.30. The predicted octanol–water partition coefficient (Wildman–Crippen LogP) is 5.62. The number of hydrogen-bond donors (Lipinski definition) is 1. The number of carbonyl (C=O) groups excluding carboxylic acids is 1. The highest BCUT2D eigenvalue weighted by atomic mass is 32.2. The van der Waals surface area contributed by atoms with Crippen LogP contribution in [0.3, 0.4) is 0 Å². The molecule has 0 aliphatic heterocycles. The minimum Gasteiger partial charge on any atom is -0.341 e. The Kier molecular flexibility index (Phi) is 7.50. The van der Waals surface area contributed by atoms with Gasteiger partial charge in [-0.15, -0.1) is 0 Å². The van der Waals surface area contributed by atoms with Crippen molar-refractivity contribution in [1.82, 2.24) is 5.32 Å². The smallest absolute Gasteiger partial charge is 0.252 e. The molecule has 0 heterocycles. The summed E-state index contributed by atoms with van der Waals surface area (Å²) in [4.78, 5) is 13.2. The van der Waals surface area contributed by atoms with E-state index in [0.717, 1.165) is 22.9 Å². The molecule has 0 spiro atoms. The highest BCUT2D eigenvalue weighted by Gasteiger charge is 2.20. The van der Waals surface area contributed by atoms with E-state index in [1.807, 2.05) is 61.5 Å². The fourth-order valence-electron chi connectivity index (χ4n) is 3.91. The molecule has 1 amide bonds. The second kappa shape index (κ2) is 10.7. The highest BCUT2D eigenvalue weighted by Crippen LogP contribution is 2.25. The Morgan fingerprint density at radius 3 is 2.00 bits per heavy atom. The minimum absolute atomic E-state index is 0.0498. The van der Waals surface area contributed by atoms with Crippen LogP contribution in [0.1, 0.15) is 38.7 Å². The van der Waals surface area contributed by atoms with Crippen molar-refractivity contribution in [1.29, 1.82) is 0 Å². The topological polar surface area (TPSA) is 66.5 Å². The van der Waals surface area contributed by atoms with Crippen molar-refractivity contribution in [3.05, 3.63) is 137 Å². The number of nitrogens with zero attached hydrogens (tertiary/aromatic N) is 1. The zero-order valence-corrected chi connectivity index (χ0v) is 20.9. The van der Waals surface area contributed by atoms with Gasteiger partial charge in [0.05, 0.1) is 24.5 Å². The SMILES string of the molecule is Cc1ccc([C@H](NC(=O)c2ccc(N(Cc3ccc(F)cc3)S(C)(=O)=O)cc2)c2ccccc2)cc1. The van der Waals surface area contributed by atoms with Gasteiger partial charge in [0.2, 0.25) is 10.0 Å². The molecule has 0 radical (unpaired) electrons. The Labute approximate surface area is 211 Å². The summed E-state index contributed by atoms with van der Waals surface area (Å²) in [5.41, 5.74) is 4.50. The molecule has 4 aromatic carbocycles. The average Bonchev–Trinajstić information content (AvgIpc) is 2.87. The quantitative estimate of drug-likeness (QED) is 0.340. The van der Waals surface area contributed by atoms with E-state index in [2.05, 4.69) is 5.32 Å². The van der Waals surface area contributed by atoms with Gasteiger partial charge in [-0.1, -0.05) is 72.3 Å². The minimum atomic E-state index is -3.61. The summed E-state index contributed by atoms with van der Waals surface area (Å²) in [5.74, 6) is -0.667. The van der Waals surface area contributed by atoms with Gasteiger partial charge in [0.25, 0.3) is 5.91 Å². The van der Waals surface area contributed by atoms with Crippen LogP contribution in [-0.2, 0) is 16.6 Å². The van der Waals surface area contributed by atoms with Crippen LogP contribution in [0, 0.1) is 12.7 Å². The summed E-state index contributed by atoms with van der Waals surface area (Å²) >= 11 is 0. The molecule has 0 aromatic heterocycles. The van der Waals surface area contributed by atoms with E-state index in [-0.39, 0.29) is 24.3 Å². The maximum absolute atomic E-state index is 13.3. The molecule has 4 rings (SSSR count). The number of benzene rings is 4. The van der Waals surface area contributed by atoms with Crippen LogP contribution >= 0.6 is 0 Å². The summed E-state index contributed by atoms with van der Waals surface area (Å²) in [6.07, 6.45) is 1.11. The number of carbonyl (C=O) groups is 1. The van der Waals surface area contributed by atoms with Gasteiger partial charge in [-0.05, 0) is 60.0 Å². The van der Waals surface area contributed by atoms with Crippen LogP contribution in [0.4, 0.5) is 10.1 Å². The molecule has 4 aromatic rings. The zero-order valence-electron chi connectivity index (χ0n) is 20.1. The van der Waals surface area contributed by atoms with E-state index < -0.39 is 10.0 Å². The number of nitrogens with one attached hydrogen (secondary N) is 1.